The van der Waals surface area contributed by atoms with Gasteiger partial charge in [0.25, 0.3) is 0 Å². The minimum Gasteiger partial charge on any atom is -0.463 e. The molecule has 0 aliphatic carbocycles. The van der Waals surface area contributed by atoms with Crippen molar-refractivity contribution >= 4 is 5.97 Å². The van der Waals surface area contributed by atoms with Gasteiger partial charge in [0.15, 0.2) is 0 Å². The van der Waals surface area contributed by atoms with E-state index in [0.29, 0.717) is 59.3 Å². The number of hydrogen-bond acceptors (Lipinski definition) is 6. The molecule has 0 amide bonds. The normalized spacial score (nSPS) is 11.4. The Labute approximate surface area is 261 Å². The molecule has 0 unspecified atom stereocenters. The Morgan fingerprint density at radius 2 is 0.619 bits per heavy atom. The predicted octanol–water partition coefficient (Wildman–Crippen LogP) is 10.00. The Morgan fingerprint density at radius 3 is 1.00 bits per heavy atom. The van der Waals surface area contributed by atoms with Crippen LogP contribution >= 0.6 is 0 Å². The monoisotopic (exact) mass is 601 g/mol. The fraction of sp³-hybridized carbons (Fsp3) is 0.972. The van der Waals surface area contributed by atoms with Crippen LogP contribution in [-0.2, 0) is 28.5 Å². The first-order chi connectivity index (χ1) is 20.8. The van der Waals surface area contributed by atoms with Gasteiger partial charge in [-0.05, 0) is 12.8 Å². The fourth-order valence-electron chi connectivity index (χ4n) is 5.03. The highest BCUT2D eigenvalue weighted by Crippen LogP contribution is 2.14. The van der Waals surface area contributed by atoms with Gasteiger partial charge in [-0.15, -0.1) is 0 Å². The molecule has 252 valence electrons. The zero-order valence-electron chi connectivity index (χ0n) is 28.3. The maximum absolute atomic E-state index is 11.7. The van der Waals surface area contributed by atoms with Gasteiger partial charge >= 0.3 is 5.97 Å². The molecular formula is C36H72O6. The van der Waals surface area contributed by atoms with Crippen molar-refractivity contribution in [3.05, 3.63) is 0 Å². The molecule has 0 spiro atoms. The first-order valence-electron chi connectivity index (χ1n) is 18.3. The molecule has 6 heteroatoms. The molecule has 6 nitrogen and oxygen atoms in total. The number of rotatable bonds is 37. The Bertz CT molecular complexity index is 501. The van der Waals surface area contributed by atoms with Crippen LogP contribution in [0.15, 0.2) is 0 Å². The third kappa shape index (κ3) is 37.3. The predicted molar refractivity (Wildman–Crippen MR) is 176 cm³/mol. The molecule has 0 fully saturated rings. The van der Waals surface area contributed by atoms with Crippen LogP contribution in [0.1, 0.15) is 168 Å². The third-order valence-corrected chi connectivity index (χ3v) is 7.73. The topological polar surface area (TPSA) is 63.2 Å². The lowest BCUT2D eigenvalue weighted by molar-refractivity contribution is -0.145. The van der Waals surface area contributed by atoms with E-state index < -0.39 is 0 Å². The summed E-state index contributed by atoms with van der Waals surface area (Å²) in [5, 5.41) is 0. The van der Waals surface area contributed by atoms with Crippen LogP contribution in [0.5, 0.6) is 0 Å². The van der Waals surface area contributed by atoms with Gasteiger partial charge in [0.2, 0.25) is 0 Å². The summed E-state index contributed by atoms with van der Waals surface area (Å²) >= 11 is 0. The van der Waals surface area contributed by atoms with E-state index >= 15 is 0 Å². The second-order valence-electron chi connectivity index (χ2n) is 11.8. The molecule has 0 saturated heterocycles. The number of carbonyl (C=O) groups is 1. The van der Waals surface area contributed by atoms with E-state index in [1.54, 1.807) is 0 Å². The molecule has 0 radical (unpaired) electrons. The van der Waals surface area contributed by atoms with Gasteiger partial charge in [-0.25, -0.2) is 0 Å². The maximum atomic E-state index is 11.7. The van der Waals surface area contributed by atoms with E-state index in [9.17, 15) is 4.79 Å². The van der Waals surface area contributed by atoms with Crippen molar-refractivity contribution in [2.75, 3.05) is 59.5 Å². The van der Waals surface area contributed by atoms with Crippen molar-refractivity contribution in [1.29, 1.82) is 0 Å². The van der Waals surface area contributed by atoms with Crippen molar-refractivity contribution in [3.63, 3.8) is 0 Å². The molecule has 42 heavy (non-hydrogen) atoms. The molecule has 0 aliphatic rings. The average molecular weight is 601 g/mol. The smallest absolute Gasteiger partial charge is 0.305 e. The van der Waals surface area contributed by atoms with E-state index in [2.05, 4.69) is 13.8 Å². The summed E-state index contributed by atoms with van der Waals surface area (Å²) in [6.45, 7) is 9.49. The quantitative estimate of drug-likeness (QED) is 0.0522. The summed E-state index contributed by atoms with van der Waals surface area (Å²) in [6.07, 6.45) is 31.2. The van der Waals surface area contributed by atoms with Crippen LogP contribution < -0.4 is 0 Å². The second kappa shape index (κ2) is 38.3. The molecule has 0 atom stereocenters. The van der Waals surface area contributed by atoms with Crippen LogP contribution in [0, 0.1) is 0 Å². The lowest BCUT2D eigenvalue weighted by atomic mass is 10.0. The van der Waals surface area contributed by atoms with Crippen LogP contribution in [0.25, 0.3) is 0 Å². The highest BCUT2D eigenvalue weighted by molar-refractivity contribution is 5.69. The molecule has 0 saturated carbocycles. The van der Waals surface area contributed by atoms with E-state index in [-0.39, 0.29) is 5.97 Å². The van der Waals surface area contributed by atoms with Crippen molar-refractivity contribution in [1.82, 2.24) is 0 Å². The van der Waals surface area contributed by atoms with Crippen molar-refractivity contribution in [2.24, 2.45) is 0 Å². The second-order valence-corrected chi connectivity index (χ2v) is 11.8. The van der Waals surface area contributed by atoms with E-state index in [1.807, 2.05) is 0 Å². The van der Waals surface area contributed by atoms with Crippen LogP contribution in [0.2, 0.25) is 0 Å². The molecule has 0 aromatic carbocycles. The molecule has 0 rings (SSSR count). The summed E-state index contributed by atoms with van der Waals surface area (Å²) in [4.78, 5) is 11.7. The molecular weight excluding hydrogens is 528 g/mol. The highest BCUT2D eigenvalue weighted by Gasteiger charge is 2.02. The summed E-state index contributed by atoms with van der Waals surface area (Å²) in [5.74, 6) is -0.116. The molecule has 0 heterocycles. The zero-order chi connectivity index (χ0) is 30.4. The van der Waals surface area contributed by atoms with E-state index in [4.69, 9.17) is 23.7 Å². The Balaban J connectivity index is 3.09. The Hall–Kier alpha value is -0.690. The molecule has 0 aromatic rings. The number of carbonyl (C=O) groups excluding carboxylic acids is 1. The number of ether oxygens (including phenoxy) is 5. The highest BCUT2D eigenvalue weighted by atomic mass is 16.6. The summed E-state index contributed by atoms with van der Waals surface area (Å²) < 4.78 is 27.4. The average Bonchev–Trinajstić information content (AvgIpc) is 2.99. The van der Waals surface area contributed by atoms with E-state index in [1.165, 1.54) is 128 Å². The first-order valence-corrected chi connectivity index (χ1v) is 18.3. The lowest BCUT2D eigenvalue weighted by Crippen LogP contribution is -2.14. The van der Waals surface area contributed by atoms with Gasteiger partial charge in [0.05, 0.1) is 46.2 Å². The third-order valence-electron chi connectivity index (χ3n) is 7.73. The standard InChI is InChI=1S/C36H72O6/c1-3-5-7-9-11-12-13-14-15-16-17-18-19-21-23-25-27-38-28-29-39-30-31-40-32-33-41-34-35-42-36(37)26-24-22-20-10-8-6-4-2/h3-35H2,1-2H3. The number of unbranched alkanes of at least 4 members (excludes halogenated alkanes) is 21. The van der Waals surface area contributed by atoms with Crippen molar-refractivity contribution in [3.8, 4) is 0 Å². The molecule has 0 bridgehead atoms. The van der Waals surface area contributed by atoms with Crippen molar-refractivity contribution < 1.29 is 28.5 Å². The first kappa shape index (κ1) is 41.3. The lowest BCUT2D eigenvalue weighted by Gasteiger charge is -2.08. The number of esters is 1. The van der Waals surface area contributed by atoms with Gasteiger partial charge in [0.1, 0.15) is 6.61 Å². The van der Waals surface area contributed by atoms with Gasteiger partial charge < -0.3 is 23.7 Å². The summed E-state index contributed by atoms with van der Waals surface area (Å²) in [5.41, 5.74) is 0. The SMILES string of the molecule is CCCCCCCCCCCCCCCCCCOCCOCCOCCOCCOC(=O)CCCCCCCCC. The van der Waals surface area contributed by atoms with Crippen molar-refractivity contribution in [2.45, 2.75) is 168 Å². The molecule has 0 aliphatic heterocycles. The Morgan fingerprint density at radius 1 is 0.333 bits per heavy atom. The van der Waals surface area contributed by atoms with Crippen LogP contribution in [-0.4, -0.2) is 65.4 Å². The van der Waals surface area contributed by atoms with E-state index in [0.717, 1.165) is 25.9 Å². The molecule has 0 N–H and O–H groups in total. The summed E-state index contributed by atoms with van der Waals surface area (Å²) in [6, 6.07) is 0. The Kier molecular flexibility index (Phi) is 37.7. The number of hydrogen-bond donors (Lipinski definition) is 0. The summed E-state index contributed by atoms with van der Waals surface area (Å²) in [7, 11) is 0. The minimum absolute atomic E-state index is 0.116. The van der Waals surface area contributed by atoms with Gasteiger partial charge in [-0.2, -0.15) is 0 Å². The van der Waals surface area contributed by atoms with Gasteiger partial charge in [-0.1, -0.05) is 149 Å². The van der Waals surface area contributed by atoms with Gasteiger partial charge in [0, 0.05) is 13.0 Å². The largest absolute Gasteiger partial charge is 0.463 e. The maximum Gasteiger partial charge on any atom is 0.305 e. The van der Waals surface area contributed by atoms with Crippen LogP contribution in [0.3, 0.4) is 0 Å². The fourth-order valence-corrected chi connectivity index (χ4v) is 5.03. The molecule has 0 aromatic heterocycles. The van der Waals surface area contributed by atoms with Gasteiger partial charge in [-0.3, -0.25) is 4.79 Å². The zero-order valence-corrected chi connectivity index (χ0v) is 28.3. The van der Waals surface area contributed by atoms with Crippen LogP contribution in [0.4, 0.5) is 0 Å². The minimum atomic E-state index is -0.116.